The highest BCUT2D eigenvalue weighted by atomic mass is 16.5. The van der Waals surface area contributed by atoms with E-state index in [9.17, 15) is 4.79 Å². The number of hydrogen-bond acceptors (Lipinski definition) is 4. The first-order valence-electron chi connectivity index (χ1n) is 7.01. The number of rotatable bonds is 10. The first-order chi connectivity index (χ1) is 8.84. The zero-order valence-corrected chi connectivity index (χ0v) is 13.0. The number of carbonyl (C=O) groups excluding carboxylic acids is 1. The van der Waals surface area contributed by atoms with Gasteiger partial charge in [-0.25, -0.2) is 0 Å². The van der Waals surface area contributed by atoms with Crippen molar-refractivity contribution in [3.63, 3.8) is 0 Å². The van der Waals surface area contributed by atoms with Crippen molar-refractivity contribution in [1.29, 1.82) is 0 Å². The van der Waals surface area contributed by atoms with E-state index in [0.717, 1.165) is 6.54 Å². The predicted molar refractivity (Wildman–Crippen MR) is 77.2 cm³/mol. The average molecular weight is 274 g/mol. The molecule has 0 aromatic carbocycles. The Morgan fingerprint density at radius 2 is 1.53 bits per heavy atom. The lowest BCUT2D eigenvalue weighted by Gasteiger charge is -2.17. The van der Waals surface area contributed by atoms with Gasteiger partial charge >= 0.3 is 0 Å². The lowest BCUT2D eigenvalue weighted by molar-refractivity contribution is -0.128. The highest BCUT2D eigenvalue weighted by Crippen LogP contribution is 2.11. The fraction of sp³-hybridized carbons (Fsp3) is 0.929. The maximum Gasteiger partial charge on any atom is 0.225 e. The van der Waals surface area contributed by atoms with Crippen LogP contribution in [0.2, 0.25) is 0 Å². The molecular formula is C14H30N2O3. The molecule has 0 aromatic heterocycles. The maximum atomic E-state index is 11.5. The number of nitrogens with one attached hydrogen (secondary N) is 2. The Kier molecular flexibility index (Phi) is 9.83. The van der Waals surface area contributed by atoms with Gasteiger partial charge in [0.15, 0.2) is 0 Å². The van der Waals surface area contributed by atoms with Gasteiger partial charge in [-0.1, -0.05) is 34.6 Å². The molecule has 2 N–H and O–H groups in total. The first kappa shape index (κ1) is 18.4. The second kappa shape index (κ2) is 10.2. The fourth-order valence-corrected chi connectivity index (χ4v) is 1.24. The predicted octanol–water partition coefficient (Wildman–Crippen LogP) is 1.18. The van der Waals surface area contributed by atoms with Gasteiger partial charge < -0.3 is 20.1 Å². The minimum atomic E-state index is -0.341. The quantitative estimate of drug-likeness (QED) is 0.587. The van der Waals surface area contributed by atoms with Gasteiger partial charge in [0.05, 0.1) is 26.4 Å². The van der Waals surface area contributed by atoms with Gasteiger partial charge in [0, 0.05) is 24.5 Å². The summed E-state index contributed by atoms with van der Waals surface area (Å²) < 4.78 is 10.8. The molecule has 0 heterocycles. The third-order valence-electron chi connectivity index (χ3n) is 2.38. The van der Waals surface area contributed by atoms with E-state index in [1.165, 1.54) is 0 Å². The summed E-state index contributed by atoms with van der Waals surface area (Å²) in [4.78, 5) is 11.5. The van der Waals surface area contributed by atoms with E-state index in [1.807, 2.05) is 20.8 Å². The number of hydrogen-bond donors (Lipinski definition) is 2. The molecule has 0 radical (unpaired) electrons. The molecule has 0 atom stereocenters. The van der Waals surface area contributed by atoms with Crippen molar-refractivity contribution in [3.8, 4) is 0 Å². The van der Waals surface area contributed by atoms with Gasteiger partial charge in [-0.15, -0.1) is 0 Å². The number of carbonyl (C=O) groups is 1. The van der Waals surface area contributed by atoms with E-state index in [2.05, 4.69) is 24.5 Å². The Morgan fingerprint density at radius 1 is 1.00 bits per heavy atom. The molecule has 0 aliphatic rings. The molecule has 114 valence electrons. The summed E-state index contributed by atoms with van der Waals surface area (Å²) in [6.45, 7) is 13.7. The molecule has 0 fully saturated rings. The SMILES string of the molecule is CC(C)NCCOCCOCCNC(=O)C(C)(C)C. The molecule has 0 spiro atoms. The second-order valence-corrected chi connectivity index (χ2v) is 5.84. The Balaban J connectivity index is 3.22. The van der Waals surface area contributed by atoms with E-state index < -0.39 is 0 Å². The van der Waals surface area contributed by atoms with Crippen molar-refractivity contribution >= 4 is 5.91 Å². The molecule has 0 aliphatic carbocycles. The van der Waals surface area contributed by atoms with Crippen molar-refractivity contribution in [2.24, 2.45) is 5.41 Å². The summed E-state index contributed by atoms with van der Waals surface area (Å²) in [6, 6.07) is 0.492. The van der Waals surface area contributed by atoms with Crippen LogP contribution in [0.15, 0.2) is 0 Å². The molecule has 0 unspecified atom stereocenters. The van der Waals surface area contributed by atoms with E-state index in [-0.39, 0.29) is 11.3 Å². The van der Waals surface area contributed by atoms with Crippen LogP contribution >= 0.6 is 0 Å². The number of ether oxygens (including phenoxy) is 2. The van der Waals surface area contributed by atoms with Crippen molar-refractivity contribution in [1.82, 2.24) is 10.6 Å². The van der Waals surface area contributed by atoms with Crippen LogP contribution in [0.3, 0.4) is 0 Å². The van der Waals surface area contributed by atoms with Crippen molar-refractivity contribution in [2.75, 3.05) is 39.5 Å². The van der Waals surface area contributed by atoms with Crippen molar-refractivity contribution < 1.29 is 14.3 Å². The normalized spacial score (nSPS) is 11.9. The van der Waals surface area contributed by atoms with E-state index in [0.29, 0.717) is 39.0 Å². The van der Waals surface area contributed by atoms with Crippen LogP contribution in [0.1, 0.15) is 34.6 Å². The molecule has 19 heavy (non-hydrogen) atoms. The van der Waals surface area contributed by atoms with Gasteiger partial charge in [0.2, 0.25) is 5.91 Å². The monoisotopic (exact) mass is 274 g/mol. The van der Waals surface area contributed by atoms with Crippen LogP contribution < -0.4 is 10.6 Å². The summed E-state index contributed by atoms with van der Waals surface area (Å²) in [5.41, 5.74) is -0.341. The summed E-state index contributed by atoms with van der Waals surface area (Å²) in [5.74, 6) is 0.0482. The minimum absolute atomic E-state index is 0.0482. The van der Waals surface area contributed by atoms with Gasteiger partial charge in [0.25, 0.3) is 0 Å². The largest absolute Gasteiger partial charge is 0.378 e. The molecule has 0 aromatic rings. The average Bonchev–Trinajstić information content (AvgIpc) is 2.29. The van der Waals surface area contributed by atoms with E-state index in [1.54, 1.807) is 0 Å². The zero-order chi connectivity index (χ0) is 14.7. The summed E-state index contributed by atoms with van der Waals surface area (Å²) >= 11 is 0. The second-order valence-electron chi connectivity index (χ2n) is 5.84. The van der Waals surface area contributed by atoms with Gasteiger partial charge in [-0.2, -0.15) is 0 Å². The van der Waals surface area contributed by atoms with Crippen molar-refractivity contribution in [3.05, 3.63) is 0 Å². The van der Waals surface area contributed by atoms with Crippen LogP contribution in [0, 0.1) is 5.41 Å². The number of amides is 1. The fourth-order valence-electron chi connectivity index (χ4n) is 1.24. The van der Waals surface area contributed by atoms with Crippen LogP contribution in [-0.4, -0.2) is 51.5 Å². The Labute approximate surface area is 117 Å². The molecular weight excluding hydrogens is 244 g/mol. The molecule has 0 saturated carbocycles. The Bertz CT molecular complexity index is 237. The van der Waals surface area contributed by atoms with Crippen molar-refractivity contribution in [2.45, 2.75) is 40.7 Å². The highest BCUT2D eigenvalue weighted by molar-refractivity contribution is 5.81. The van der Waals surface area contributed by atoms with Crippen LogP contribution in [-0.2, 0) is 14.3 Å². The summed E-state index contributed by atoms with van der Waals surface area (Å²) in [5, 5.41) is 6.10. The standard InChI is InChI=1S/C14H30N2O3/c1-12(2)15-6-8-18-10-11-19-9-7-16-13(17)14(3,4)5/h12,15H,6-11H2,1-5H3,(H,16,17). The molecule has 0 saturated heterocycles. The summed E-state index contributed by atoms with van der Waals surface area (Å²) in [6.07, 6.45) is 0. The first-order valence-corrected chi connectivity index (χ1v) is 7.01. The van der Waals surface area contributed by atoms with Gasteiger partial charge in [-0.3, -0.25) is 4.79 Å². The topological polar surface area (TPSA) is 59.6 Å². The lowest BCUT2D eigenvalue weighted by Crippen LogP contribution is -2.36. The zero-order valence-electron chi connectivity index (χ0n) is 13.0. The van der Waals surface area contributed by atoms with Gasteiger partial charge in [-0.05, 0) is 0 Å². The third kappa shape index (κ3) is 12.1. The van der Waals surface area contributed by atoms with E-state index >= 15 is 0 Å². The van der Waals surface area contributed by atoms with Crippen LogP contribution in [0.25, 0.3) is 0 Å². The minimum Gasteiger partial charge on any atom is -0.378 e. The Morgan fingerprint density at radius 3 is 2.00 bits per heavy atom. The Hall–Kier alpha value is -0.650. The van der Waals surface area contributed by atoms with Crippen LogP contribution in [0.4, 0.5) is 0 Å². The van der Waals surface area contributed by atoms with Gasteiger partial charge in [0.1, 0.15) is 0 Å². The summed E-state index contributed by atoms with van der Waals surface area (Å²) in [7, 11) is 0. The molecule has 0 bridgehead atoms. The third-order valence-corrected chi connectivity index (χ3v) is 2.38. The van der Waals surface area contributed by atoms with Crippen LogP contribution in [0.5, 0.6) is 0 Å². The highest BCUT2D eigenvalue weighted by Gasteiger charge is 2.20. The van der Waals surface area contributed by atoms with E-state index in [4.69, 9.17) is 9.47 Å². The molecule has 5 heteroatoms. The molecule has 5 nitrogen and oxygen atoms in total. The molecule has 1 amide bonds. The maximum absolute atomic E-state index is 11.5. The molecule has 0 aliphatic heterocycles. The molecule has 0 rings (SSSR count). The smallest absolute Gasteiger partial charge is 0.225 e. The lowest BCUT2D eigenvalue weighted by atomic mass is 9.96.